The summed E-state index contributed by atoms with van der Waals surface area (Å²) in [7, 11) is 0. The molecule has 2 aromatic rings. The molecule has 2 heterocycles. The highest BCUT2D eigenvalue weighted by molar-refractivity contribution is 7.99. The maximum atomic E-state index is 12.9. The van der Waals surface area contributed by atoms with Gasteiger partial charge < -0.3 is 4.90 Å². The number of rotatable bonds is 3. The van der Waals surface area contributed by atoms with Crippen molar-refractivity contribution < 1.29 is 14.4 Å². The van der Waals surface area contributed by atoms with Gasteiger partial charge in [-0.3, -0.25) is 19.7 Å². The Kier molecular flexibility index (Phi) is 4.52. The second-order valence-electron chi connectivity index (χ2n) is 7.03. The third kappa shape index (κ3) is 3.25. The smallest absolute Gasteiger partial charge is 0.255 e. The molecule has 1 fully saturated rings. The first-order valence-corrected chi connectivity index (χ1v) is 9.77. The first-order valence-electron chi connectivity index (χ1n) is 8.95. The zero-order chi connectivity index (χ0) is 19.1. The lowest BCUT2D eigenvalue weighted by atomic mass is 10.0. The fourth-order valence-corrected chi connectivity index (χ4v) is 4.63. The number of piperidine rings is 1. The molecule has 2 aromatic carbocycles. The predicted octanol–water partition coefficient (Wildman–Crippen LogP) is 3.22. The number of fused-ring (bicyclic) bond motifs is 1. The van der Waals surface area contributed by atoms with Crippen molar-refractivity contribution in [3.8, 4) is 0 Å². The van der Waals surface area contributed by atoms with Gasteiger partial charge in [0.2, 0.25) is 11.8 Å². The van der Waals surface area contributed by atoms with Gasteiger partial charge in [-0.2, -0.15) is 0 Å². The monoisotopic (exact) mass is 380 g/mol. The quantitative estimate of drug-likeness (QED) is 0.831. The third-order valence-corrected chi connectivity index (χ3v) is 6.34. The minimum atomic E-state index is -0.581. The third-order valence-electron chi connectivity index (χ3n) is 5.25. The van der Waals surface area contributed by atoms with Crippen LogP contribution in [0, 0.1) is 13.8 Å². The lowest BCUT2D eigenvalue weighted by Gasteiger charge is -2.29. The highest BCUT2D eigenvalue weighted by Gasteiger charge is 2.39. The standard InChI is InChI=1S/C21H20N2O3S/c1-12-6-7-14(10-13(12)2)27-18-5-3-4-15-16(18)11-23(21(15)26)17-8-9-19(24)22-20(17)25/h3-7,10,17H,8-9,11H2,1-2H3,(H,22,24,25). The molecule has 1 atom stereocenters. The average molecular weight is 380 g/mol. The summed E-state index contributed by atoms with van der Waals surface area (Å²) in [4.78, 5) is 40.2. The van der Waals surface area contributed by atoms with Gasteiger partial charge in [0.25, 0.3) is 5.91 Å². The number of benzene rings is 2. The Morgan fingerprint density at radius 3 is 2.63 bits per heavy atom. The summed E-state index contributed by atoms with van der Waals surface area (Å²) in [6.45, 7) is 4.57. The Morgan fingerprint density at radius 1 is 1.07 bits per heavy atom. The summed E-state index contributed by atoms with van der Waals surface area (Å²) in [6.07, 6.45) is 0.644. The van der Waals surface area contributed by atoms with Crippen LogP contribution in [-0.4, -0.2) is 28.7 Å². The van der Waals surface area contributed by atoms with E-state index in [0.29, 0.717) is 18.5 Å². The van der Waals surface area contributed by atoms with E-state index in [0.717, 1.165) is 15.4 Å². The van der Waals surface area contributed by atoms with Crippen molar-refractivity contribution in [2.24, 2.45) is 0 Å². The Labute approximate surface area is 162 Å². The summed E-state index contributed by atoms with van der Waals surface area (Å²) in [5, 5.41) is 2.34. The minimum Gasteiger partial charge on any atom is -0.322 e. The molecule has 0 spiro atoms. The maximum absolute atomic E-state index is 12.9. The van der Waals surface area contributed by atoms with Crippen molar-refractivity contribution in [1.29, 1.82) is 0 Å². The van der Waals surface area contributed by atoms with Crippen LogP contribution in [0.3, 0.4) is 0 Å². The number of nitrogens with zero attached hydrogens (tertiary/aromatic N) is 1. The van der Waals surface area contributed by atoms with Crippen molar-refractivity contribution in [3.05, 3.63) is 58.7 Å². The van der Waals surface area contributed by atoms with Gasteiger partial charge in [-0.25, -0.2) is 0 Å². The topological polar surface area (TPSA) is 66.5 Å². The van der Waals surface area contributed by atoms with Crippen LogP contribution in [0.25, 0.3) is 0 Å². The van der Waals surface area contributed by atoms with Gasteiger partial charge in [0, 0.05) is 28.3 Å². The molecule has 0 bridgehead atoms. The Bertz CT molecular complexity index is 970. The fourth-order valence-electron chi connectivity index (χ4n) is 3.56. The zero-order valence-electron chi connectivity index (χ0n) is 15.2. The van der Waals surface area contributed by atoms with E-state index in [1.807, 2.05) is 18.2 Å². The van der Waals surface area contributed by atoms with Crippen LogP contribution in [0.2, 0.25) is 0 Å². The molecule has 0 aromatic heterocycles. The van der Waals surface area contributed by atoms with E-state index in [1.54, 1.807) is 16.7 Å². The van der Waals surface area contributed by atoms with Gasteiger partial charge in [-0.15, -0.1) is 0 Å². The minimum absolute atomic E-state index is 0.137. The van der Waals surface area contributed by atoms with Crippen LogP contribution in [0.5, 0.6) is 0 Å². The van der Waals surface area contributed by atoms with E-state index in [1.165, 1.54) is 11.1 Å². The fraction of sp³-hybridized carbons (Fsp3) is 0.286. The van der Waals surface area contributed by atoms with Gasteiger partial charge in [0.15, 0.2) is 0 Å². The van der Waals surface area contributed by atoms with E-state index in [-0.39, 0.29) is 24.1 Å². The number of aryl methyl sites for hydroxylation is 2. The van der Waals surface area contributed by atoms with E-state index in [2.05, 4.69) is 37.4 Å². The molecular weight excluding hydrogens is 360 g/mol. The van der Waals surface area contributed by atoms with Gasteiger partial charge in [-0.1, -0.05) is 23.9 Å². The molecule has 3 amide bonds. The van der Waals surface area contributed by atoms with E-state index < -0.39 is 6.04 Å². The van der Waals surface area contributed by atoms with Gasteiger partial charge in [-0.05, 0) is 61.2 Å². The molecule has 27 heavy (non-hydrogen) atoms. The number of imide groups is 1. The lowest BCUT2D eigenvalue weighted by molar-refractivity contribution is -0.136. The number of nitrogens with one attached hydrogen (secondary N) is 1. The van der Waals surface area contributed by atoms with E-state index >= 15 is 0 Å². The molecule has 138 valence electrons. The van der Waals surface area contributed by atoms with Crippen LogP contribution in [0.15, 0.2) is 46.2 Å². The van der Waals surface area contributed by atoms with E-state index in [9.17, 15) is 14.4 Å². The molecule has 1 unspecified atom stereocenters. The molecule has 2 aliphatic rings. The second kappa shape index (κ2) is 6.85. The molecule has 0 saturated carbocycles. The Balaban J connectivity index is 1.62. The van der Waals surface area contributed by atoms with Crippen LogP contribution in [0.1, 0.15) is 39.9 Å². The first kappa shape index (κ1) is 17.8. The highest BCUT2D eigenvalue weighted by Crippen LogP contribution is 2.37. The maximum Gasteiger partial charge on any atom is 0.255 e. The summed E-state index contributed by atoms with van der Waals surface area (Å²) in [5.74, 6) is -0.788. The van der Waals surface area contributed by atoms with Crippen LogP contribution >= 0.6 is 11.8 Å². The summed E-state index contributed by atoms with van der Waals surface area (Å²) in [5.41, 5.74) is 4.08. The molecule has 2 aliphatic heterocycles. The average Bonchev–Trinajstić information content (AvgIpc) is 2.96. The number of amides is 3. The first-order chi connectivity index (χ1) is 12.9. The summed E-state index contributed by atoms with van der Waals surface area (Å²) >= 11 is 1.63. The molecule has 0 radical (unpaired) electrons. The number of carbonyl (C=O) groups is 3. The number of carbonyl (C=O) groups excluding carboxylic acids is 3. The predicted molar refractivity (Wildman–Crippen MR) is 103 cm³/mol. The zero-order valence-corrected chi connectivity index (χ0v) is 16.1. The Morgan fingerprint density at radius 2 is 1.89 bits per heavy atom. The van der Waals surface area contributed by atoms with Crippen molar-refractivity contribution in [2.75, 3.05) is 0 Å². The summed E-state index contributed by atoms with van der Waals surface area (Å²) in [6, 6.07) is 11.5. The van der Waals surface area contributed by atoms with Crippen LogP contribution in [0.4, 0.5) is 0 Å². The van der Waals surface area contributed by atoms with Gasteiger partial charge >= 0.3 is 0 Å². The van der Waals surface area contributed by atoms with Crippen molar-refractivity contribution in [1.82, 2.24) is 10.2 Å². The SMILES string of the molecule is Cc1ccc(Sc2cccc3c2CN(C2CCC(=O)NC2=O)C3=O)cc1C. The van der Waals surface area contributed by atoms with Crippen LogP contribution in [-0.2, 0) is 16.1 Å². The molecular formula is C21H20N2O3S. The van der Waals surface area contributed by atoms with Crippen molar-refractivity contribution in [2.45, 2.75) is 49.1 Å². The lowest BCUT2D eigenvalue weighted by Crippen LogP contribution is -2.52. The highest BCUT2D eigenvalue weighted by atomic mass is 32.2. The normalized spacial score (nSPS) is 19.3. The molecule has 5 nitrogen and oxygen atoms in total. The van der Waals surface area contributed by atoms with Gasteiger partial charge in [0.1, 0.15) is 6.04 Å². The Hall–Kier alpha value is -2.60. The number of hydrogen-bond donors (Lipinski definition) is 1. The second-order valence-corrected chi connectivity index (χ2v) is 8.15. The van der Waals surface area contributed by atoms with Crippen LogP contribution < -0.4 is 5.32 Å². The summed E-state index contributed by atoms with van der Waals surface area (Å²) < 4.78 is 0. The molecule has 4 rings (SSSR count). The molecule has 6 heteroatoms. The van der Waals surface area contributed by atoms with E-state index in [4.69, 9.17) is 0 Å². The van der Waals surface area contributed by atoms with Crippen molar-refractivity contribution in [3.63, 3.8) is 0 Å². The molecule has 0 aliphatic carbocycles. The van der Waals surface area contributed by atoms with Gasteiger partial charge in [0.05, 0.1) is 0 Å². The number of hydrogen-bond acceptors (Lipinski definition) is 4. The molecule has 1 saturated heterocycles. The molecule has 1 N–H and O–H groups in total. The van der Waals surface area contributed by atoms with Crippen molar-refractivity contribution >= 4 is 29.5 Å². The largest absolute Gasteiger partial charge is 0.322 e.